The molecule has 0 aromatic carbocycles. The Balaban J connectivity index is 1.69. The maximum Gasteiger partial charge on any atom is 0.340 e. The van der Waals surface area contributed by atoms with E-state index in [1.165, 1.54) is 18.5 Å². The van der Waals surface area contributed by atoms with Crippen LogP contribution >= 0.6 is 0 Å². The molecule has 3 atom stereocenters. The third-order valence-corrected chi connectivity index (χ3v) is 6.93. The molecule has 1 saturated heterocycles. The highest BCUT2D eigenvalue weighted by atomic mass is 16.5. The summed E-state index contributed by atoms with van der Waals surface area (Å²) in [5.74, 6) is -2.44. The van der Waals surface area contributed by atoms with Crippen molar-refractivity contribution in [3.63, 3.8) is 0 Å². The van der Waals surface area contributed by atoms with E-state index in [0.717, 1.165) is 32.1 Å². The van der Waals surface area contributed by atoms with Crippen molar-refractivity contribution in [3.8, 4) is 0 Å². The zero-order chi connectivity index (χ0) is 26.8. The third-order valence-electron chi connectivity index (χ3n) is 6.93. The SMILES string of the molecule is CC(C)C[C@H](NC(=O)C1CCCC1)C(=O)N[C@@H](C[C@@H]1CCCNC1=O)C(=O)COC(=O)c1cccnc1. The van der Waals surface area contributed by atoms with Crippen LogP contribution in [0.5, 0.6) is 0 Å². The highest BCUT2D eigenvalue weighted by Crippen LogP contribution is 2.25. The van der Waals surface area contributed by atoms with Crippen molar-refractivity contribution in [1.82, 2.24) is 20.9 Å². The average molecular weight is 515 g/mol. The van der Waals surface area contributed by atoms with Gasteiger partial charge in [-0.05, 0) is 56.6 Å². The minimum atomic E-state index is -1.04. The summed E-state index contributed by atoms with van der Waals surface area (Å²) < 4.78 is 5.18. The van der Waals surface area contributed by atoms with Gasteiger partial charge >= 0.3 is 5.97 Å². The lowest BCUT2D eigenvalue weighted by molar-refractivity contribution is -0.134. The number of ketones is 1. The second-order valence-electron chi connectivity index (χ2n) is 10.4. The van der Waals surface area contributed by atoms with Gasteiger partial charge in [-0.2, -0.15) is 0 Å². The molecule has 3 N–H and O–H groups in total. The van der Waals surface area contributed by atoms with Gasteiger partial charge in [-0.1, -0.05) is 26.7 Å². The first kappa shape index (κ1) is 28.3. The summed E-state index contributed by atoms with van der Waals surface area (Å²) in [6.45, 7) is 3.92. The van der Waals surface area contributed by atoms with Gasteiger partial charge in [-0.15, -0.1) is 0 Å². The lowest BCUT2D eigenvalue weighted by Crippen LogP contribution is -2.54. The Bertz CT molecular complexity index is 961. The number of rotatable bonds is 12. The molecule has 1 aliphatic heterocycles. The number of amides is 3. The van der Waals surface area contributed by atoms with Crippen LogP contribution in [-0.2, 0) is 23.9 Å². The third kappa shape index (κ3) is 8.65. The van der Waals surface area contributed by atoms with E-state index in [2.05, 4.69) is 20.9 Å². The molecule has 3 rings (SSSR count). The van der Waals surface area contributed by atoms with E-state index in [9.17, 15) is 24.0 Å². The molecule has 10 heteroatoms. The molecule has 1 aliphatic carbocycles. The molecule has 3 amide bonds. The number of Topliss-reactive ketones (excluding diaryl/α,β-unsaturated/α-hetero) is 1. The van der Waals surface area contributed by atoms with E-state index >= 15 is 0 Å². The molecule has 2 heterocycles. The minimum absolute atomic E-state index is 0.0891. The molecule has 0 spiro atoms. The number of pyridine rings is 1. The van der Waals surface area contributed by atoms with Crippen LogP contribution in [0, 0.1) is 17.8 Å². The smallest absolute Gasteiger partial charge is 0.340 e. The number of hydrogen-bond acceptors (Lipinski definition) is 7. The van der Waals surface area contributed by atoms with E-state index in [1.54, 1.807) is 6.07 Å². The summed E-state index contributed by atoms with van der Waals surface area (Å²) in [6, 6.07) is 1.26. The van der Waals surface area contributed by atoms with Crippen LogP contribution in [0.3, 0.4) is 0 Å². The maximum atomic E-state index is 13.3. The standard InChI is InChI=1S/C27H38N4O6/c1-17(2)13-22(31-25(34)18-7-3-4-8-18)26(35)30-21(14-19-9-6-12-29-24(19)33)23(32)16-37-27(36)20-10-5-11-28-15-20/h5,10-11,15,17-19,21-22H,3-4,6-9,12-14,16H2,1-2H3,(H,29,33)(H,30,35)(H,31,34)/t19-,21-,22-/m0/s1. The molecule has 0 unspecified atom stereocenters. The Morgan fingerprint density at radius 3 is 2.49 bits per heavy atom. The Morgan fingerprint density at radius 2 is 1.84 bits per heavy atom. The van der Waals surface area contributed by atoms with Crippen molar-refractivity contribution >= 4 is 29.5 Å². The fourth-order valence-corrected chi connectivity index (χ4v) is 4.87. The Hall–Kier alpha value is -3.30. The number of hydrogen-bond donors (Lipinski definition) is 3. The first-order valence-electron chi connectivity index (χ1n) is 13.2. The maximum absolute atomic E-state index is 13.3. The summed E-state index contributed by atoms with van der Waals surface area (Å²) in [4.78, 5) is 67.8. The largest absolute Gasteiger partial charge is 0.454 e. The van der Waals surface area contributed by atoms with Crippen LogP contribution in [0.25, 0.3) is 0 Å². The van der Waals surface area contributed by atoms with Gasteiger partial charge in [0.1, 0.15) is 6.04 Å². The van der Waals surface area contributed by atoms with Crippen LogP contribution in [0.15, 0.2) is 24.5 Å². The summed E-state index contributed by atoms with van der Waals surface area (Å²) in [6.07, 6.45) is 8.32. The fourth-order valence-electron chi connectivity index (χ4n) is 4.87. The molecular formula is C27H38N4O6. The van der Waals surface area contributed by atoms with Gasteiger partial charge in [0.15, 0.2) is 12.4 Å². The monoisotopic (exact) mass is 514 g/mol. The lowest BCUT2D eigenvalue weighted by Gasteiger charge is -2.28. The molecule has 2 fully saturated rings. The Morgan fingerprint density at radius 1 is 1.08 bits per heavy atom. The first-order chi connectivity index (χ1) is 17.7. The number of nitrogens with zero attached hydrogens (tertiary/aromatic N) is 1. The molecule has 2 aliphatic rings. The second-order valence-corrected chi connectivity index (χ2v) is 10.4. The number of carbonyl (C=O) groups is 5. The lowest BCUT2D eigenvalue weighted by atomic mass is 9.90. The van der Waals surface area contributed by atoms with Crippen molar-refractivity contribution in [1.29, 1.82) is 0 Å². The molecule has 1 aromatic rings. The van der Waals surface area contributed by atoms with Crippen molar-refractivity contribution < 1.29 is 28.7 Å². The molecule has 0 bridgehead atoms. The molecule has 1 saturated carbocycles. The minimum Gasteiger partial charge on any atom is -0.454 e. The van der Waals surface area contributed by atoms with E-state index in [4.69, 9.17) is 4.74 Å². The number of ether oxygens (including phenoxy) is 1. The van der Waals surface area contributed by atoms with Crippen LogP contribution < -0.4 is 16.0 Å². The molecular weight excluding hydrogens is 476 g/mol. The number of nitrogens with one attached hydrogen (secondary N) is 3. The topological polar surface area (TPSA) is 144 Å². The second kappa shape index (κ2) is 13.9. The van der Waals surface area contributed by atoms with E-state index < -0.39 is 42.3 Å². The summed E-state index contributed by atoms with van der Waals surface area (Å²) in [7, 11) is 0. The summed E-state index contributed by atoms with van der Waals surface area (Å²) in [5.41, 5.74) is 0.203. The number of aromatic nitrogens is 1. The van der Waals surface area contributed by atoms with Gasteiger partial charge in [0.2, 0.25) is 17.7 Å². The van der Waals surface area contributed by atoms with Gasteiger partial charge in [0, 0.05) is 30.8 Å². The van der Waals surface area contributed by atoms with Crippen molar-refractivity contribution in [2.24, 2.45) is 17.8 Å². The van der Waals surface area contributed by atoms with Crippen molar-refractivity contribution in [2.75, 3.05) is 13.2 Å². The number of carbonyl (C=O) groups excluding carboxylic acids is 5. The number of esters is 1. The fraction of sp³-hybridized carbons (Fsp3) is 0.630. The first-order valence-corrected chi connectivity index (χ1v) is 13.2. The Kier molecular flexibility index (Phi) is 10.6. The van der Waals surface area contributed by atoms with Gasteiger partial charge < -0.3 is 20.7 Å². The van der Waals surface area contributed by atoms with Gasteiger partial charge in [-0.3, -0.25) is 24.2 Å². The molecule has 202 valence electrons. The molecule has 10 nitrogen and oxygen atoms in total. The van der Waals surface area contributed by atoms with E-state index in [1.807, 2.05) is 13.8 Å². The summed E-state index contributed by atoms with van der Waals surface area (Å²) in [5, 5.41) is 8.44. The quantitative estimate of drug-likeness (QED) is 0.362. The zero-order valence-corrected chi connectivity index (χ0v) is 21.7. The molecule has 1 aromatic heterocycles. The molecule has 37 heavy (non-hydrogen) atoms. The van der Waals surface area contributed by atoms with Crippen LogP contribution in [0.1, 0.15) is 75.6 Å². The van der Waals surface area contributed by atoms with E-state index in [-0.39, 0.29) is 35.6 Å². The van der Waals surface area contributed by atoms with Crippen molar-refractivity contribution in [3.05, 3.63) is 30.1 Å². The normalized spacial score (nSPS) is 19.5. The van der Waals surface area contributed by atoms with Crippen LogP contribution in [0.4, 0.5) is 0 Å². The van der Waals surface area contributed by atoms with Crippen LogP contribution in [-0.4, -0.2) is 59.7 Å². The Labute approximate surface area is 217 Å². The predicted octanol–water partition coefficient (Wildman–Crippen LogP) is 1.93. The van der Waals surface area contributed by atoms with Gasteiger partial charge in [-0.25, -0.2) is 4.79 Å². The average Bonchev–Trinajstić information content (AvgIpc) is 3.43. The van der Waals surface area contributed by atoms with Crippen molar-refractivity contribution in [2.45, 2.75) is 77.3 Å². The van der Waals surface area contributed by atoms with Crippen LogP contribution in [0.2, 0.25) is 0 Å². The predicted molar refractivity (Wildman–Crippen MR) is 135 cm³/mol. The molecule has 0 radical (unpaired) electrons. The van der Waals surface area contributed by atoms with Gasteiger partial charge in [0.25, 0.3) is 0 Å². The zero-order valence-electron chi connectivity index (χ0n) is 21.7. The van der Waals surface area contributed by atoms with E-state index in [0.29, 0.717) is 19.4 Å². The summed E-state index contributed by atoms with van der Waals surface area (Å²) >= 11 is 0. The van der Waals surface area contributed by atoms with Gasteiger partial charge in [0.05, 0.1) is 11.6 Å². The highest BCUT2D eigenvalue weighted by molar-refractivity contribution is 5.96. The number of piperidine rings is 1. The highest BCUT2D eigenvalue weighted by Gasteiger charge is 2.34.